The van der Waals surface area contributed by atoms with Crippen LogP contribution in [0.5, 0.6) is 0 Å². The van der Waals surface area contributed by atoms with Crippen molar-refractivity contribution < 1.29 is 13.8 Å². The molecule has 3 aromatic heterocycles. The van der Waals surface area contributed by atoms with E-state index in [9.17, 15) is 4.79 Å². The minimum atomic E-state index is -0.276. The quantitative estimate of drug-likeness (QED) is 0.482. The first-order valence-electron chi connectivity index (χ1n) is 11.0. The maximum atomic E-state index is 11.7. The number of aromatic nitrogens is 4. The summed E-state index contributed by atoms with van der Waals surface area (Å²) in [6, 6.07) is 9.90. The molecule has 0 spiro atoms. The van der Waals surface area contributed by atoms with E-state index in [0.717, 1.165) is 27.9 Å². The molecule has 1 fully saturated rings. The lowest BCUT2D eigenvalue weighted by molar-refractivity contribution is -0.124. The van der Waals surface area contributed by atoms with E-state index in [1.54, 1.807) is 13.1 Å². The molecule has 4 aromatic rings. The molecule has 9 nitrogen and oxygen atoms in total. The summed E-state index contributed by atoms with van der Waals surface area (Å²) >= 11 is 0. The number of benzene rings is 1. The van der Waals surface area contributed by atoms with Crippen LogP contribution in [-0.2, 0) is 10.2 Å². The SMILES string of the molecule is Cc1nc(-c2ccc3ccnc(N(c4cc(C(C)(C)C)on4)C4CC(C(N)=O)C4)c3c2)no1. The second-order valence-electron chi connectivity index (χ2n) is 9.60. The topological polar surface area (TPSA) is 124 Å². The van der Waals surface area contributed by atoms with Crippen LogP contribution >= 0.6 is 0 Å². The molecule has 0 aliphatic heterocycles. The van der Waals surface area contributed by atoms with E-state index in [0.29, 0.717) is 30.4 Å². The van der Waals surface area contributed by atoms with Crippen molar-refractivity contribution in [2.75, 3.05) is 4.90 Å². The van der Waals surface area contributed by atoms with Crippen LogP contribution in [0, 0.1) is 12.8 Å². The molecule has 0 saturated heterocycles. The summed E-state index contributed by atoms with van der Waals surface area (Å²) in [7, 11) is 0. The van der Waals surface area contributed by atoms with Gasteiger partial charge < -0.3 is 19.7 Å². The molecular formula is C24H26N6O3. The number of hydrogen-bond acceptors (Lipinski definition) is 8. The fraction of sp³-hybridized carbons (Fsp3) is 0.375. The Bertz CT molecular complexity index is 1330. The minimum absolute atomic E-state index is 0.0228. The monoisotopic (exact) mass is 446 g/mol. The number of pyridine rings is 1. The first-order chi connectivity index (χ1) is 15.7. The number of fused-ring (bicyclic) bond motifs is 1. The highest BCUT2D eigenvalue weighted by atomic mass is 16.5. The van der Waals surface area contributed by atoms with E-state index in [1.807, 2.05) is 30.3 Å². The molecule has 2 N–H and O–H groups in total. The highest BCUT2D eigenvalue weighted by Crippen LogP contribution is 2.42. The van der Waals surface area contributed by atoms with E-state index in [1.165, 1.54) is 0 Å². The average Bonchev–Trinajstić information content (AvgIpc) is 3.38. The van der Waals surface area contributed by atoms with Crippen LogP contribution in [0.2, 0.25) is 0 Å². The van der Waals surface area contributed by atoms with Crippen molar-refractivity contribution in [3.8, 4) is 11.4 Å². The van der Waals surface area contributed by atoms with E-state index in [2.05, 4.69) is 41.0 Å². The first kappa shape index (κ1) is 21.1. The van der Waals surface area contributed by atoms with Crippen LogP contribution in [0.4, 0.5) is 11.6 Å². The van der Waals surface area contributed by atoms with Gasteiger partial charge in [-0.15, -0.1) is 0 Å². The number of carbonyl (C=O) groups excluding carboxylic acids is 1. The zero-order valence-corrected chi connectivity index (χ0v) is 19.1. The van der Waals surface area contributed by atoms with Gasteiger partial charge in [-0.05, 0) is 30.4 Å². The molecule has 1 aliphatic rings. The van der Waals surface area contributed by atoms with E-state index in [-0.39, 0.29) is 23.3 Å². The molecule has 1 aromatic carbocycles. The lowest BCUT2D eigenvalue weighted by Gasteiger charge is -2.41. The molecule has 1 saturated carbocycles. The molecule has 9 heteroatoms. The molecule has 0 atom stereocenters. The molecule has 1 amide bonds. The van der Waals surface area contributed by atoms with E-state index < -0.39 is 0 Å². The van der Waals surface area contributed by atoms with Gasteiger partial charge >= 0.3 is 0 Å². The summed E-state index contributed by atoms with van der Waals surface area (Å²) in [5.74, 6) is 2.76. The standard InChI is InChI=1S/C24H26N6O3/c1-13-27-22(29-32-13)15-6-5-14-7-8-26-23(18(14)11-15)30(17-9-16(10-17)21(25)31)20-12-19(33-28-20)24(2,3)4/h5-8,11-12,16-17H,9-10H2,1-4H3,(H2,25,31). The van der Waals surface area contributed by atoms with Gasteiger partial charge in [0.05, 0.1) is 0 Å². The summed E-state index contributed by atoms with van der Waals surface area (Å²) in [5.41, 5.74) is 6.18. The number of rotatable bonds is 5. The summed E-state index contributed by atoms with van der Waals surface area (Å²) in [5, 5.41) is 10.4. The smallest absolute Gasteiger partial charge is 0.223 e. The Hall–Kier alpha value is -3.75. The van der Waals surface area contributed by atoms with Gasteiger partial charge in [0.15, 0.2) is 5.82 Å². The number of amides is 1. The number of anilines is 2. The predicted molar refractivity (Wildman–Crippen MR) is 123 cm³/mol. The summed E-state index contributed by atoms with van der Waals surface area (Å²) < 4.78 is 10.8. The lowest BCUT2D eigenvalue weighted by Crippen LogP contribution is -2.47. The molecule has 5 rings (SSSR count). The highest BCUT2D eigenvalue weighted by molar-refractivity contribution is 5.96. The molecule has 0 radical (unpaired) electrons. The lowest BCUT2D eigenvalue weighted by atomic mass is 9.78. The van der Waals surface area contributed by atoms with Crippen molar-refractivity contribution in [2.45, 2.75) is 52.0 Å². The Morgan fingerprint density at radius 3 is 2.55 bits per heavy atom. The maximum absolute atomic E-state index is 11.7. The molecular weight excluding hydrogens is 420 g/mol. The fourth-order valence-corrected chi connectivity index (χ4v) is 4.13. The van der Waals surface area contributed by atoms with Crippen molar-refractivity contribution in [2.24, 2.45) is 11.7 Å². The normalized spacial score (nSPS) is 18.3. The second kappa shape index (κ2) is 7.68. The third-order valence-corrected chi connectivity index (χ3v) is 6.12. The fourth-order valence-electron chi connectivity index (χ4n) is 4.13. The molecule has 170 valence electrons. The van der Waals surface area contributed by atoms with Crippen molar-refractivity contribution >= 4 is 28.3 Å². The Labute approximate surface area is 191 Å². The second-order valence-corrected chi connectivity index (χ2v) is 9.60. The largest absolute Gasteiger partial charge is 0.369 e. The minimum Gasteiger partial charge on any atom is -0.369 e. The number of hydrogen-bond donors (Lipinski definition) is 1. The number of nitrogens with two attached hydrogens (primary N) is 1. The molecule has 0 bridgehead atoms. The van der Waals surface area contributed by atoms with Gasteiger partial charge in [0.25, 0.3) is 0 Å². The predicted octanol–water partition coefficient (Wildman–Crippen LogP) is 4.28. The van der Waals surface area contributed by atoms with Crippen LogP contribution in [0.25, 0.3) is 22.2 Å². The van der Waals surface area contributed by atoms with Gasteiger partial charge in [0.1, 0.15) is 11.6 Å². The summed E-state index contributed by atoms with van der Waals surface area (Å²) in [6.07, 6.45) is 3.04. The molecule has 1 aliphatic carbocycles. The van der Waals surface area contributed by atoms with Crippen LogP contribution in [0.3, 0.4) is 0 Å². The Kier molecular flexibility index (Phi) is 4.92. The van der Waals surface area contributed by atoms with Gasteiger partial charge in [-0.3, -0.25) is 4.79 Å². The van der Waals surface area contributed by atoms with Crippen LogP contribution in [0.1, 0.15) is 45.3 Å². The van der Waals surface area contributed by atoms with Crippen molar-refractivity contribution in [1.82, 2.24) is 20.3 Å². The zero-order valence-electron chi connectivity index (χ0n) is 19.1. The third-order valence-electron chi connectivity index (χ3n) is 6.12. The van der Waals surface area contributed by atoms with Gasteiger partial charge in [-0.1, -0.05) is 43.2 Å². The van der Waals surface area contributed by atoms with Crippen molar-refractivity contribution in [3.63, 3.8) is 0 Å². The molecule has 33 heavy (non-hydrogen) atoms. The van der Waals surface area contributed by atoms with Gasteiger partial charge in [0, 0.05) is 47.5 Å². The zero-order chi connectivity index (χ0) is 23.3. The van der Waals surface area contributed by atoms with Gasteiger partial charge in [-0.25, -0.2) is 4.98 Å². The highest BCUT2D eigenvalue weighted by Gasteiger charge is 2.40. The van der Waals surface area contributed by atoms with Gasteiger partial charge in [0.2, 0.25) is 17.6 Å². The Balaban J connectivity index is 1.63. The average molecular weight is 447 g/mol. The number of aryl methyl sites for hydroxylation is 1. The van der Waals surface area contributed by atoms with E-state index in [4.69, 9.17) is 19.8 Å². The number of carbonyl (C=O) groups is 1. The summed E-state index contributed by atoms with van der Waals surface area (Å²) in [4.78, 5) is 22.9. The van der Waals surface area contributed by atoms with Crippen LogP contribution in [0.15, 0.2) is 45.6 Å². The van der Waals surface area contributed by atoms with Crippen LogP contribution < -0.4 is 10.6 Å². The van der Waals surface area contributed by atoms with Crippen molar-refractivity contribution in [3.05, 3.63) is 48.2 Å². The Morgan fingerprint density at radius 1 is 1.12 bits per heavy atom. The van der Waals surface area contributed by atoms with Crippen molar-refractivity contribution in [1.29, 1.82) is 0 Å². The summed E-state index contributed by atoms with van der Waals surface area (Å²) in [6.45, 7) is 7.98. The third kappa shape index (κ3) is 3.83. The van der Waals surface area contributed by atoms with Gasteiger partial charge in [-0.2, -0.15) is 4.98 Å². The molecule has 3 heterocycles. The Morgan fingerprint density at radius 2 is 1.91 bits per heavy atom. The van der Waals surface area contributed by atoms with E-state index >= 15 is 0 Å². The number of primary amides is 1. The molecule has 0 unspecified atom stereocenters. The first-order valence-corrected chi connectivity index (χ1v) is 11.0. The van der Waals surface area contributed by atoms with Crippen LogP contribution in [-0.4, -0.2) is 32.2 Å². The number of nitrogens with zero attached hydrogens (tertiary/aromatic N) is 5. The maximum Gasteiger partial charge on any atom is 0.223 e.